The molecular formula is C19H23Cl. The van der Waals surface area contributed by atoms with Gasteiger partial charge in [0.2, 0.25) is 0 Å². The summed E-state index contributed by atoms with van der Waals surface area (Å²) in [7, 11) is 0. The molecular weight excluding hydrogens is 264 g/mol. The van der Waals surface area contributed by atoms with Crippen molar-refractivity contribution in [2.75, 3.05) is 0 Å². The van der Waals surface area contributed by atoms with Crippen LogP contribution in [0.2, 0.25) is 5.02 Å². The first kappa shape index (κ1) is 15.1. The molecule has 0 aliphatic rings. The molecule has 0 spiro atoms. The van der Waals surface area contributed by atoms with Crippen LogP contribution >= 0.6 is 11.6 Å². The van der Waals surface area contributed by atoms with Gasteiger partial charge in [-0.25, -0.2) is 0 Å². The molecule has 0 nitrogen and oxygen atoms in total. The fraction of sp³-hybridized carbons (Fsp3) is 0.368. The van der Waals surface area contributed by atoms with Crippen molar-refractivity contribution in [1.82, 2.24) is 0 Å². The predicted octanol–water partition coefficient (Wildman–Crippen LogP) is 5.89. The van der Waals surface area contributed by atoms with Crippen LogP contribution in [0.3, 0.4) is 0 Å². The monoisotopic (exact) mass is 286 g/mol. The highest BCUT2D eigenvalue weighted by molar-refractivity contribution is 6.30. The van der Waals surface area contributed by atoms with Crippen molar-refractivity contribution in [1.29, 1.82) is 0 Å². The van der Waals surface area contributed by atoms with Gasteiger partial charge in [0, 0.05) is 5.02 Å². The van der Waals surface area contributed by atoms with E-state index in [1.807, 2.05) is 12.1 Å². The summed E-state index contributed by atoms with van der Waals surface area (Å²) in [4.78, 5) is 0. The molecule has 0 heterocycles. The van der Waals surface area contributed by atoms with Crippen LogP contribution in [0.5, 0.6) is 0 Å². The zero-order valence-electron chi connectivity index (χ0n) is 12.6. The normalized spacial score (nSPS) is 14.2. The Bertz CT molecular complexity index is 527. The Morgan fingerprint density at radius 1 is 0.950 bits per heavy atom. The van der Waals surface area contributed by atoms with E-state index in [-0.39, 0.29) is 5.41 Å². The summed E-state index contributed by atoms with van der Waals surface area (Å²) in [6, 6.07) is 19.1. The van der Waals surface area contributed by atoms with Crippen LogP contribution in [0.15, 0.2) is 54.6 Å². The van der Waals surface area contributed by atoms with Crippen molar-refractivity contribution >= 4 is 11.6 Å². The summed E-state index contributed by atoms with van der Waals surface area (Å²) >= 11 is 5.95. The minimum atomic E-state index is 0.209. The molecule has 20 heavy (non-hydrogen) atoms. The van der Waals surface area contributed by atoms with Crippen molar-refractivity contribution in [3.8, 4) is 0 Å². The third kappa shape index (κ3) is 3.43. The van der Waals surface area contributed by atoms with Crippen molar-refractivity contribution in [3.05, 3.63) is 70.7 Å². The summed E-state index contributed by atoms with van der Waals surface area (Å²) in [6.45, 7) is 7.01. The number of aryl methyl sites for hydroxylation is 1. The van der Waals surface area contributed by atoms with E-state index >= 15 is 0 Å². The Kier molecular flexibility index (Phi) is 4.88. The van der Waals surface area contributed by atoms with Gasteiger partial charge in [0.25, 0.3) is 0 Å². The molecule has 0 aliphatic heterocycles. The molecule has 1 atom stereocenters. The second-order valence-corrected chi connectivity index (χ2v) is 6.50. The molecule has 0 aromatic heterocycles. The number of hydrogen-bond donors (Lipinski definition) is 0. The highest BCUT2D eigenvalue weighted by atomic mass is 35.5. The van der Waals surface area contributed by atoms with Crippen LogP contribution in [0, 0.1) is 5.92 Å². The average Bonchev–Trinajstić information content (AvgIpc) is 2.47. The maximum Gasteiger partial charge on any atom is 0.0406 e. The third-order valence-corrected chi connectivity index (χ3v) is 4.81. The Balaban J connectivity index is 2.16. The van der Waals surface area contributed by atoms with Crippen molar-refractivity contribution in [3.63, 3.8) is 0 Å². The molecule has 2 rings (SSSR count). The Hall–Kier alpha value is -1.27. The van der Waals surface area contributed by atoms with Gasteiger partial charge in [0.05, 0.1) is 0 Å². The predicted molar refractivity (Wildman–Crippen MR) is 88.4 cm³/mol. The molecule has 0 radical (unpaired) electrons. The van der Waals surface area contributed by atoms with E-state index in [0.29, 0.717) is 5.92 Å². The van der Waals surface area contributed by atoms with Gasteiger partial charge in [-0.15, -0.1) is 0 Å². The number of benzene rings is 2. The van der Waals surface area contributed by atoms with E-state index in [2.05, 4.69) is 63.2 Å². The van der Waals surface area contributed by atoms with E-state index in [4.69, 9.17) is 11.6 Å². The Morgan fingerprint density at radius 2 is 1.55 bits per heavy atom. The fourth-order valence-corrected chi connectivity index (χ4v) is 2.77. The van der Waals surface area contributed by atoms with Crippen molar-refractivity contribution in [2.24, 2.45) is 5.92 Å². The molecule has 1 unspecified atom stereocenters. The second kappa shape index (κ2) is 6.45. The largest absolute Gasteiger partial charge is 0.0843 e. The standard InChI is InChI=1S/C19H23Cl/c1-15(2)19(3,17-7-5-4-6-8-17)14-13-16-9-11-18(20)12-10-16/h4-12,15H,13-14H2,1-3H3. The van der Waals surface area contributed by atoms with Crippen LogP contribution in [0.25, 0.3) is 0 Å². The van der Waals surface area contributed by atoms with E-state index in [0.717, 1.165) is 17.9 Å². The quantitative estimate of drug-likeness (QED) is 0.643. The first-order chi connectivity index (χ1) is 9.52. The lowest BCUT2D eigenvalue weighted by molar-refractivity contribution is 0.314. The van der Waals surface area contributed by atoms with Crippen LogP contribution in [0.4, 0.5) is 0 Å². The zero-order valence-corrected chi connectivity index (χ0v) is 13.3. The molecule has 106 valence electrons. The van der Waals surface area contributed by atoms with Crippen molar-refractivity contribution in [2.45, 2.75) is 39.0 Å². The van der Waals surface area contributed by atoms with Crippen LogP contribution in [-0.4, -0.2) is 0 Å². The zero-order chi connectivity index (χ0) is 14.6. The SMILES string of the molecule is CC(C)C(C)(CCc1ccc(Cl)cc1)c1ccccc1. The van der Waals surface area contributed by atoms with E-state index in [1.54, 1.807) is 0 Å². The number of hydrogen-bond acceptors (Lipinski definition) is 0. The van der Waals surface area contributed by atoms with Gasteiger partial charge in [-0.1, -0.05) is 74.8 Å². The summed E-state index contributed by atoms with van der Waals surface area (Å²) < 4.78 is 0. The van der Waals surface area contributed by atoms with Gasteiger partial charge in [0.1, 0.15) is 0 Å². The molecule has 0 saturated carbocycles. The second-order valence-electron chi connectivity index (χ2n) is 6.06. The highest BCUT2D eigenvalue weighted by Crippen LogP contribution is 2.36. The summed E-state index contributed by atoms with van der Waals surface area (Å²) in [5.74, 6) is 0.609. The van der Waals surface area contributed by atoms with Crippen LogP contribution in [0.1, 0.15) is 38.3 Å². The average molecular weight is 287 g/mol. The molecule has 0 fully saturated rings. The maximum atomic E-state index is 5.95. The van der Waals surface area contributed by atoms with E-state index in [1.165, 1.54) is 11.1 Å². The first-order valence-corrected chi connectivity index (χ1v) is 7.70. The minimum Gasteiger partial charge on any atom is -0.0843 e. The van der Waals surface area contributed by atoms with E-state index in [9.17, 15) is 0 Å². The molecule has 2 aromatic carbocycles. The van der Waals surface area contributed by atoms with E-state index < -0.39 is 0 Å². The number of halogens is 1. The molecule has 0 aliphatic carbocycles. The van der Waals surface area contributed by atoms with Crippen LogP contribution < -0.4 is 0 Å². The topological polar surface area (TPSA) is 0 Å². The molecule has 0 amide bonds. The molecule has 1 heteroatoms. The van der Waals surface area contributed by atoms with Gasteiger partial charge >= 0.3 is 0 Å². The van der Waals surface area contributed by atoms with Gasteiger partial charge in [-0.05, 0) is 47.4 Å². The third-order valence-electron chi connectivity index (χ3n) is 4.55. The van der Waals surface area contributed by atoms with Crippen molar-refractivity contribution < 1.29 is 0 Å². The first-order valence-electron chi connectivity index (χ1n) is 7.32. The van der Waals surface area contributed by atoms with Crippen LogP contribution in [-0.2, 0) is 11.8 Å². The highest BCUT2D eigenvalue weighted by Gasteiger charge is 2.29. The summed E-state index contributed by atoms with van der Waals surface area (Å²) in [5, 5.41) is 0.809. The summed E-state index contributed by atoms with van der Waals surface area (Å²) in [5.41, 5.74) is 3.00. The smallest absolute Gasteiger partial charge is 0.0406 e. The lowest BCUT2D eigenvalue weighted by atomic mass is 9.70. The lowest BCUT2D eigenvalue weighted by Crippen LogP contribution is -2.29. The fourth-order valence-electron chi connectivity index (χ4n) is 2.64. The molecule has 2 aromatic rings. The molecule has 0 bridgehead atoms. The summed E-state index contributed by atoms with van der Waals surface area (Å²) in [6.07, 6.45) is 2.23. The van der Waals surface area contributed by atoms with Gasteiger partial charge < -0.3 is 0 Å². The van der Waals surface area contributed by atoms with Gasteiger partial charge in [-0.2, -0.15) is 0 Å². The Labute approximate surface area is 127 Å². The number of rotatable bonds is 5. The minimum absolute atomic E-state index is 0.209. The maximum absolute atomic E-state index is 5.95. The Morgan fingerprint density at radius 3 is 2.10 bits per heavy atom. The lowest BCUT2D eigenvalue weighted by Gasteiger charge is -2.35. The van der Waals surface area contributed by atoms with Gasteiger partial charge in [-0.3, -0.25) is 0 Å². The molecule has 0 saturated heterocycles. The van der Waals surface area contributed by atoms with Gasteiger partial charge in [0.15, 0.2) is 0 Å². The molecule has 0 N–H and O–H groups in total.